The van der Waals surface area contributed by atoms with Crippen molar-refractivity contribution >= 4 is 5.96 Å². The van der Waals surface area contributed by atoms with E-state index in [0.717, 1.165) is 43.6 Å². The maximum atomic E-state index is 5.73. The smallest absolute Gasteiger partial charge is 0.193 e. The Labute approximate surface area is 144 Å². The third kappa shape index (κ3) is 3.73. The molecule has 2 aliphatic rings. The zero-order chi connectivity index (χ0) is 16.8. The van der Waals surface area contributed by atoms with E-state index in [1.807, 2.05) is 25.2 Å². The molecule has 2 heterocycles. The van der Waals surface area contributed by atoms with Gasteiger partial charge in [-0.25, -0.2) is 0 Å². The highest BCUT2D eigenvalue weighted by Gasteiger charge is 2.42. The first kappa shape index (κ1) is 16.8. The number of nitrogens with zero attached hydrogens (tertiary/aromatic N) is 2. The maximum Gasteiger partial charge on any atom is 0.193 e. The van der Waals surface area contributed by atoms with Crippen LogP contribution in [0.3, 0.4) is 0 Å². The van der Waals surface area contributed by atoms with Crippen LogP contribution in [0.25, 0.3) is 0 Å². The molecule has 3 rings (SSSR count). The molecule has 0 amide bonds. The van der Waals surface area contributed by atoms with E-state index < -0.39 is 0 Å². The third-order valence-electron chi connectivity index (χ3n) is 4.90. The number of nitrogens with one attached hydrogen (secondary N) is 1. The SMILES string of the molecule is C=CCOc1ccccc1CNC(=NC)N1CCC2(CCOC2)C1. The lowest BCUT2D eigenvalue weighted by Crippen LogP contribution is -2.41. The van der Waals surface area contributed by atoms with Crippen LogP contribution in [-0.2, 0) is 11.3 Å². The summed E-state index contributed by atoms with van der Waals surface area (Å²) in [5.41, 5.74) is 1.46. The molecule has 1 unspecified atom stereocenters. The average Bonchev–Trinajstić information content (AvgIpc) is 3.25. The van der Waals surface area contributed by atoms with Gasteiger partial charge in [-0.1, -0.05) is 30.9 Å². The number of para-hydroxylation sites is 1. The van der Waals surface area contributed by atoms with E-state index in [1.54, 1.807) is 6.08 Å². The van der Waals surface area contributed by atoms with Crippen molar-refractivity contribution in [3.8, 4) is 5.75 Å². The van der Waals surface area contributed by atoms with Gasteiger partial charge in [-0.3, -0.25) is 4.99 Å². The Morgan fingerprint density at radius 2 is 2.33 bits per heavy atom. The van der Waals surface area contributed by atoms with E-state index in [9.17, 15) is 0 Å². The molecule has 0 saturated carbocycles. The van der Waals surface area contributed by atoms with Crippen molar-refractivity contribution in [3.63, 3.8) is 0 Å². The fourth-order valence-corrected chi connectivity index (χ4v) is 3.53. The molecule has 5 nitrogen and oxygen atoms in total. The highest BCUT2D eigenvalue weighted by Crippen LogP contribution is 2.38. The molecule has 1 aromatic carbocycles. The fourth-order valence-electron chi connectivity index (χ4n) is 3.53. The number of hydrogen-bond donors (Lipinski definition) is 1. The lowest BCUT2D eigenvalue weighted by atomic mass is 9.87. The van der Waals surface area contributed by atoms with Crippen molar-refractivity contribution < 1.29 is 9.47 Å². The van der Waals surface area contributed by atoms with Gasteiger partial charge in [0.1, 0.15) is 12.4 Å². The average molecular weight is 329 g/mol. The molecule has 0 bridgehead atoms. The molecule has 2 aliphatic heterocycles. The van der Waals surface area contributed by atoms with Gasteiger partial charge < -0.3 is 19.7 Å². The Bertz CT molecular complexity index is 594. The number of guanidine groups is 1. The molecule has 2 fully saturated rings. The minimum absolute atomic E-state index is 0.336. The minimum atomic E-state index is 0.336. The zero-order valence-electron chi connectivity index (χ0n) is 14.5. The fraction of sp³-hybridized carbons (Fsp3) is 0.526. The highest BCUT2D eigenvalue weighted by molar-refractivity contribution is 5.80. The summed E-state index contributed by atoms with van der Waals surface area (Å²) in [6, 6.07) is 8.08. The van der Waals surface area contributed by atoms with E-state index in [1.165, 1.54) is 12.8 Å². The standard InChI is InChI=1S/C19H27N3O2/c1-3-11-24-17-7-5-4-6-16(17)13-21-18(20-2)22-10-8-19(14-22)9-12-23-15-19/h3-7H,1,8-15H2,2H3,(H,20,21). The molecule has 2 saturated heterocycles. The number of likely N-dealkylation sites (tertiary alicyclic amines) is 1. The number of rotatable bonds is 5. The predicted octanol–water partition coefficient (Wildman–Crippen LogP) is 2.44. The van der Waals surface area contributed by atoms with E-state index in [0.29, 0.717) is 18.6 Å². The van der Waals surface area contributed by atoms with Crippen molar-refractivity contribution in [1.29, 1.82) is 0 Å². The van der Waals surface area contributed by atoms with Crippen LogP contribution in [-0.4, -0.2) is 50.8 Å². The van der Waals surface area contributed by atoms with Crippen molar-refractivity contribution in [1.82, 2.24) is 10.2 Å². The number of ether oxygens (including phenoxy) is 2. The first-order valence-corrected chi connectivity index (χ1v) is 8.61. The number of aliphatic imine (C=N–C) groups is 1. The van der Waals surface area contributed by atoms with Gasteiger partial charge in [-0.15, -0.1) is 0 Å². The van der Waals surface area contributed by atoms with E-state index in [4.69, 9.17) is 9.47 Å². The Hall–Kier alpha value is -2.01. The van der Waals surface area contributed by atoms with Gasteiger partial charge in [0.15, 0.2) is 5.96 Å². The maximum absolute atomic E-state index is 5.73. The summed E-state index contributed by atoms with van der Waals surface area (Å²) in [5, 5.41) is 3.48. The second kappa shape index (κ2) is 7.71. The largest absolute Gasteiger partial charge is 0.489 e. The Morgan fingerprint density at radius 1 is 1.46 bits per heavy atom. The van der Waals surface area contributed by atoms with Gasteiger partial charge in [0.05, 0.1) is 6.61 Å². The molecule has 130 valence electrons. The summed E-state index contributed by atoms with van der Waals surface area (Å²) in [6.45, 7) is 8.76. The van der Waals surface area contributed by atoms with Gasteiger partial charge in [-0.2, -0.15) is 0 Å². The van der Waals surface area contributed by atoms with Crippen molar-refractivity contribution in [2.45, 2.75) is 19.4 Å². The van der Waals surface area contributed by atoms with E-state index in [-0.39, 0.29) is 0 Å². The molecule has 1 aromatic rings. The Kier molecular flexibility index (Phi) is 5.41. The van der Waals surface area contributed by atoms with Crippen LogP contribution in [0.1, 0.15) is 18.4 Å². The summed E-state index contributed by atoms with van der Waals surface area (Å²) in [7, 11) is 1.85. The Morgan fingerprint density at radius 3 is 3.08 bits per heavy atom. The minimum Gasteiger partial charge on any atom is -0.489 e. The van der Waals surface area contributed by atoms with E-state index >= 15 is 0 Å². The van der Waals surface area contributed by atoms with Crippen LogP contribution in [0.2, 0.25) is 0 Å². The molecular formula is C19H27N3O2. The van der Waals surface area contributed by atoms with Crippen molar-refractivity contribution in [2.24, 2.45) is 10.4 Å². The summed E-state index contributed by atoms with van der Waals surface area (Å²) >= 11 is 0. The summed E-state index contributed by atoms with van der Waals surface area (Å²) < 4.78 is 11.3. The van der Waals surface area contributed by atoms with Crippen LogP contribution in [0.4, 0.5) is 0 Å². The van der Waals surface area contributed by atoms with Gasteiger partial charge in [0.25, 0.3) is 0 Å². The predicted molar refractivity (Wildman–Crippen MR) is 96.4 cm³/mol. The summed E-state index contributed by atoms with van der Waals surface area (Å²) in [5.74, 6) is 1.85. The molecule has 24 heavy (non-hydrogen) atoms. The van der Waals surface area contributed by atoms with Crippen molar-refractivity contribution in [3.05, 3.63) is 42.5 Å². The van der Waals surface area contributed by atoms with Gasteiger partial charge >= 0.3 is 0 Å². The van der Waals surface area contributed by atoms with Gasteiger partial charge in [0.2, 0.25) is 0 Å². The quantitative estimate of drug-likeness (QED) is 0.512. The molecule has 5 heteroatoms. The lowest BCUT2D eigenvalue weighted by molar-refractivity contribution is 0.156. The van der Waals surface area contributed by atoms with Gasteiger partial charge in [0, 0.05) is 44.3 Å². The molecule has 0 aliphatic carbocycles. The van der Waals surface area contributed by atoms with Crippen molar-refractivity contribution in [2.75, 3.05) is 40.0 Å². The summed E-state index contributed by atoms with van der Waals surface area (Å²) in [6.07, 6.45) is 4.11. The van der Waals surface area contributed by atoms with Gasteiger partial charge in [-0.05, 0) is 18.9 Å². The molecule has 1 spiro atoms. The third-order valence-corrected chi connectivity index (χ3v) is 4.90. The molecule has 1 atom stereocenters. The van der Waals surface area contributed by atoms with E-state index in [2.05, 4.69) is 27.9 Å². The van der Waals surface area contributed by atoms with Crippen LogP contribution < -0.4 is 10.1 Å². The number of benzene rings is 1. The molecule has 0 aromatic heterocycles. The first-order valence-electron chi connectivity index (χ1n) is 8.61. The lowest BCUT2D eigenvalue weighted by Gasteiger charge is -2.25. The Balaban J connectivity index is 1.60. The van der Waals surface area contributed by atoms with Crippen LogP contribution >= 0.6 is 0 Å². The zero-order valence-corrected chi connectivity index (χ0v) is 14.5. The molecular weight excluding hydrogens is 302 g/mol. The second-order valence-electron chi connectivity index (χ2n) is 6.58. The monoisotopic (exact) mass is 329 g/mol. The first-order chi connectivity index (χ1) is 11.8. The van der Waals surface area contributed by atoms with Crippen LogP contribution in [0.15, 0.2) is 41.9 Å². The normalized spacial score (nSPS) is 23.7. The number of hydrogen-bond acceptors (Lipinski definition) is 3. The van der Waals surface area contributed by atoms with Crippen LogP contribution in [0.5, 0.6) is 5.75 Å². The highest BCUT2D eigenvalue weighted by atomic mass is 16.5. The molecule has 1 N–H and O–H groups in total. The second-order valence-corrected chi connectivity index (χ2v) is 6.58. The summed E-state index contributed by atoms with van der Waals surface area (Å²) in [4.78, 5) is 6.81. The van der Waals surface area contributed by atoms with Crippen LogP contribution in [0, 0.1) is 5.41 Å². The molecule has 0 radical (unpaired) electrons. The topological polar surface area (TPSA) is 46.1 Å².